The molecule has 2 fully saturated rings. The number of carbonyl (C=O) groups excluding carboxylic acids is 3. The van der Waals surface area contributed by atoms with Crippen LogP contribution in [0.1, 0.15) is 23.7 Å². The van der Waals surface area contributed by atoms with Gasteiger partial charge in [0.2, 0.25) is 0 Å². The highest BCUT2D eigenvalue weighted by atomic mass is 32.2. The average molecular weight is 560 g/mol. The molecule has 2 aliphatic rings. The molecule has 39 heavy (non-hydrogen) atoms. The molecule has 2 N–H and O–H groups in total. The Morgan fingerprint density at radius 3 is 2.26 bits per heavy atom. The molecule has 1 saturated heterocycles. The lowest BCUT2D eigenvalue weighted by Gasteiger charge is -2.22. The lowest BCUT2D eigenvalue weighted by Crippen LogP contribution is -2.39. The van der Waals surface area contributed by atoms with E-state index in [0.29, 0.717) is 29.8 Å². The number of hydrogen-bond acceptors (Lipinski definition) is 7. The Morgan fingerprint density at radius 1 is 1.03 bits per heavy atom. The predicted molar refractivity (Wildman–Crippen MR) is 133 cm³/mol. The van der Waals surface area contributed by atoms with Gasteiger partial charge in [-0.3, -0.25) is 25.3 Å². The van der Waals surface area contributed by atoms with E-state index in [-0.39, 0.29) is 17.4 Å². The predicted octanol–water partition coefficient (Wildman–Crippen LogP) is 3.88. The lowest BCUT2D eigenvalue weighted by atomic mass is 10.1. The van der Waals surface area contributed by atoms with Crippen LogP contribution in [-0.2, 0) is 14.6 Å². The third-order valence-electron chi connectivity index (χ3n) is 6.68. The van der Waals surface area contributed by atoms with Gasteiger partial charge in [0.1, 0.15) is 11.4 Å². The minimum absolute atomic E-state index is 0.0744. The van der Waals surface area contributed by atoms with E-state index in [4.69, 9.17) is 0 Å². The Bertz CT molecular complexity index is 1580. The van der Waals surface area contributed by atoms with E-state index in [1.54, 1.807) is 37.3 Å². The number of alkyl halides is 3. The first-order valence-electron chi connectivity index (χ1n) is 11.6. The Morgan fingerprint density at radius 2 is 1.67 bits per heavy atom. The Hall–Kier alpha value is -4.46. The number of nitrogens with zero attached hydrogens (tertiary/aromatic N) is 3. The second-order valence-corrected chi connectivity index (χ2v) is 11.0. The molecule has 1 spiro atoms. The molecule has 2 atom stereocenters. The fraction of sp³-hybridized carbons (Fsp3) is 0.200. The smallest absolute Gasteiger partial charge is 0.282 e. The molecule has 1 aliphatic heterocycles. The van der Waals surface area contributed by atoms with Crippen LogP contribution < -0.4 is 20.7 Å². The molecule has 0 bridgehead atoms. The number of anilines is 3. The molecule has 1 aliphatic carbocycles. The molecule has 2 aromatic carbocycles. The highest BCUT2D eigenvalue weighted by Gasteiger charge is 2.70. The number of benzene rings is 2. The summed E-state index contributed by atoms with van der Waals surface area (Å²) in [5.74, 6) is -1.06. The van der Waals surface area contributed by atoms with Gasteiger partial charge in [-0.25, -0.2) is 23.1 Å². The van der Waals surface area contributed by atoms with Crippen molar-refractivity contribution in [1.82, 2.24) is 10.4 Å². The molecule has 10 nitrogen and oxygen atoms in total. The van der Waals surface area contributed by atoms with Crippen LogP contribution in [0, 0.1) is 5.92 Å². The van der Waals surface area contributed by atoms with E-state index >= 15 is 0 Å². The zero-order chi connectivity index (χ0) is 28.2. The number of aromatic nitrogens is 1. The minimum atomic E-state index is -5.59. The van der Waals surface area contributed by atoms with E-state index in [9.17, 15) is 36.0 Å². The van der Waals surface area contributed by atoms with Crippen molar-refractivity contribution in [3.63, 3.8) is 0 Å². The lowest BCUT2D eigenvalue weighted by molar-refractivity contribution is -0.119. The highest BCUT2D eigenvalue weighted by Crippen LogP contribution is 2.55. The molecule has 3 aromatic rings. The second-order valence-electron chi connectivity index (χ2n) is 9.08. The van der Waals surface area contributed by atoms with E-state index in [1.165, 1.54) is 23.2 Å². The van der Waals surface area contributed by atoms with Crippen molar-refractivity contribution in [2.75, 3.05) is 15.2 Å². The summed E-state index contributed by atoms with van der Waals surface area (Å²) >= 11 is 0. The standard InChI is InChI=1S/C25H20F3N5O5S/c1-15-14-24(15)22(35)32(17-7-9-19(10-8-17)39(37,38)25(26,27)28)23(36)33(24)18-11-12-29-20(13-18)30-31-21(34)16-5-3-2-4-6-16/h2-13,15H,14H2,1H3,(H,29,30)(H,31,34). The summed E-state index contributed by atoms with van der Waals surface area (Å²) in [7, 11) is -5.59. The van der Waals surface area contributed by atoms with Gasteiger partial charge in [-0.1, -0.05) is 25.1 Å². The molecule has 1 saturated carbocycles. The first-order chi connectivity index (χ1) is 18.4. The van der Waals surface area contributed by atoms with Gasteiger partial charge in [-0.2, -0.15) is 13.2 Å². The summed E-state index contributed by atoms with van der Waals surface area (Å²) in [5, 5.41) is 0. The van der Waals surface area contributed by atoms with Crippen LogP contribution in [-0.4, -0.2) is 42.3 Å². The van der Waals surface area contributed by atoms with Crippen LogP contribution in [0.2, 0.25) is 0 Å². The van der Waals surface area contributed by atoms with E-state index in [2.05, 4.69) is 15.8 Å². The first kappa shape index (κ1) is 26.2. The van der Waals surface area contributed by atoms with Crippen molar-refractivity contribution < 1.29 is 36.0 Å². The molecular formula is C25H20F3N5O5S. The van der Waals surface area contributed by atoms with Crippen LogP contribution in [0.3, 0.4) is 0 Å². The van der Waals surface area contributed by atoms with E-state index in [1.807, 2.05) is 0 Å². The van der Waals surface area contributed by atoms with Gasteiger partial charge in [-0.15, -0.1) is 0 Å². The maximum absolute atomic E-state index is 13.5. The van der Waals surface area contributed by atoms with Crippen molar-refractivity contribution in [3.05, 3.63) is 78.5 Å². The Balaban J connectivity index is 1.41. The number of urea groups is 1. The van der Waals surface area contributed by atoms with Gasteiger partial charge in [0, 0.05) is 17.8 Å². The largest absolute Gasteiger partial charge is 0.501 e. The zero-order valence-corrected chi connectivity index (χ0v) is 21.0. The molecule has 202 valence electrons. The topological polar surface area (TPSA) is 129 Å². The van der Waals surface area contributed by atoms with Gasteiger partial charge >= 0.3 is 11.5 Å². The van der Waals surface area contributed by atoms with Crippen LogP contribution in [0.4, 0.5) is 35.2 Å². The number of hydrogen-bond donors (Lipinski definition) is 2. The number of sulfone groups is 1. The van der Waals surface area contributed by atoms with Crippen molar-refractivity contribution in [3.8, 4) is 0 Å². The van der Waals surface area contributed by atoms with Crippen LogP contribution in [0.5, 0.6) is 0 Å². The fourth-order valence-corrected chi connectivity index (χ4v) is 5.31. The van der Waals surface area contributed by atoms with Crippen molar-refractivity contribution in [2.45, 2.75) is 29.3 Å². The van der Waals surface area contributed by atoms with Gasteiger partial charge < -0.3 is 0 Å². The molecule has 2 heterocycles. The quantitative estimate of drug-likeness (QED) is 0.346. The maximum atomic E-state index is 13.5. The molecule has 14 heteroatoms. The molecule has 0 radical (unpaired) electrons. The number of imide groups is 1. The van der Waals surface area contributed by atoms with Gasteiger partial charge in [0.05, 0.1) is 16.3 Å². The van der Waals surface area contributed by atoms with E-state index in [0.717, 1.165) is 17.0 Å². The van der Waals surface area contributed by atoms with Crippen molar-refractivity contribution in [2.24, 2.45) is 5.92 Å². The average Bonchev–Trinajstić information content (AvgIpc) is 3.52. The first-order valence-corrected chi connectivity index (χ1v) is 13.0. The van der Waals surface area contributed by atoms with Crippen LogP contribution >= 0.6 is 0 Å². The van der Waals surface area contributed by atoms with Crippen molar-refractivity contribution in [1.29, 1.82) is 0 Å². The van der Waals surface area contributed by atoms with E-state index < -0.39 is 43.6 Å². The highest BCUT2D eigenvalue weighted by molar-refractivity contribution is 7.92. The third kappa shape index (κ3) is 4.26. The van der Waals surface area contributed by atoms with Gasteiger partial charge in [0.15, 0.2) is 0 Å². The number of pyridine rings is 1. The number of carbonyl (C=O) groups is 3. The summed E-state index contributed by atoms with van der Waals surface area (Å²) in [6.45, 7) is 1.78. The molecule has 4 amide bonds. The molecule has 2 unspecified atom stereocenters. The molecule has 1 aromatic heterocycles. The van der Waals surface area contributed by atoms with Gasteiger partial charge in [0.25, 0.3) is 21.7 Å². The van der Waals surface area contributed by atoms with Crippen LogP contribution in [0.25, 0.3) is 0 Å². The Labute approximate surface area is 220 Å². The number of amides is 4. The SMILES string of the molecule is CC1CC12C(=O)N(c1ccc(S(=O)(=O)C(F)(F)F)cc1)C(=O)N2c1ccnc(NNC(=O)c2ccccc2)c1. The number of nitrogens with one attached hydrogen (secondary N) is 2. The minimum Gasteiger partial charge on any atom is -0.282 e. The van der Waals surface area contributed by atoms with Crippen LogP contribution in [0.15, 0.2) is 77.8 Å². The summed E-state index contributed by atoms with van der Waals surface area (Å²) in [4.78, 5) is 44.6. The summed E-state index contributed by atoms with van der Waals surface area (Å²) in [6.07, 6.45) is 1.72. The van der Waals surface area contributed by atoms with Gasteiger partial charge in [-0.05, 0) is 54.8 Å². The monoisotopic (exact) mass is 559 g/mol. The fourth-order valence-electron chi connectivity index (χ4n) is 4.55. The Kier molecular flexibility index (Phi) is 6.09. The number of halogens is 3. The number of rotatable bonds is 6. The number of hydrazine groups is 1. The maximum Gasteiger partial charge on any atom is 0.501 e. The summed E-state index contributed by atoms with van der Waals surface area (Å²) < 4.78 is 62.1. The third-order valence-corrected chi connectivity index (χ3v) is 8.18. The zero-order valence-electron chi connectivity index (χ0n) is 20.1. The summed E-state index contributed by atoms with van der Waals surface area (Å²) in [6, 6.07) is 14.0. The molecular weight excluding hydrogens is 539 g/mol. The molecule has 5 rings (SSSR count). The second kappa shape index (κ2) is 9.08. The normalized spacial score (nSPS) is 20.9. The summed E-state index contributed by atoms with van der Waals surface area (Å²) in [5.41, 5.74) is -0.926. The van der Waals surface area contributed by atoms with Crippen molar-refractivity contribution >= 4 is 44.9 Å².